The fraction of sp³-hybridized carbons (Fsp3) is 0.444. The Kier molecular flexibility index (Phi) is 6.67. The number of phosphoric acid groups is 1. The molecule has 1 N–H and O–H groups in total. The molecule has 0 aliphatic heterocycles. The van der Waals surface area contributed by atoms with E-state index in [0.29, 0.717) is 29.4 Å². The molecule has 24 heavy (non-hydrogen) atoms. The van der Waals surface area contributed by atoms with Gasteiger partial charge >= 0.3 is 7.82 Å². The van der Waals surface area contributed by atoms with Crippen molar-refractivity contribution in [3.8, 4) is 11.5 Å². The van der Waals surface area contributed by atoms with Crippen molar-refractivity contribution in [3.05, 3.63) is 35.9 Å². The van der Waals surface area contributed by atoms with Crippen LogP contribution in [0, 0.1) is 0 Å². The number of phenolic OH excluding ortho intramolecular Hbond substituents is 1. The number of hydrogen-bond donors (Lipinski definition) is 1. The van der Waals surface area contributed by atoms with Crippen LogP contribution in [0.15, 0.2) is 30.3 Å². The van der Waals surface area contributed by atoms with Gasteiger partial charge in [0, 0.05) is 10.8 Å². The second-order valence-corrected chi connectivity index (χ2v) is 7.11. The van der Waals surface area contributed by atoms with E-state index >= 15 is 0 Å². The minimum absolute atomic E-state index is 0.159. The maximum Gasteiger partial charge on any atom is 0.530 e. The summed E-state index contributed by atoms with van der Waals surface area (Å²) in [6.07, 6.45) is 2.27. The highest BCUT2D eigenvalue weighted by atomic mass is 31.2. The van der Waals surface area contributed by atoms with Crippen LogP contribution < -0.4 is 4.52 Å². The quantitative estimate of drug-likeness (QED) is 0.608. The van der Waals surface area contributed by atoms with Crippen LogP contribution in [0.5, 0.6) is 11.5 Å². The summed E-state index contributed by atoms with van der Waals surface area (Å²) in [6.45, 7) is 6.47. The van der Waals surface area contributed by atoms with Crippen LogP contribution in [0.3, 0.4) is 0 Å². The summed E-state index contributed by atoms with van der Waals surface area (Å²) in [4.78, 5) is 0. The van der Waals surface area contributed by atoms with Crippen LogP contribution in [-0.2, 0) is 20.0 Å². The van der Waals surface area contributed by atoms with E-state index in [1.165, 1.54) is 6.07 Å². The van der Waals surface area contributed by atoms with E-state index < -0.39 is 7.82 Å². The van der Waals surface area contributed by atoms with Crippen LogP contribution in [0.4, 0.5) is 0 Å². The van der Waals surface area contributed by atoms with Crippen molar-refractivity contribution in [3.63, 3.8) is 0 Å². The third-order valence-electron chi connectivity index (χ3n) is 3.54. The number of fused-ring (bicyclic) bond motifs is 1. The largest absolute Gasteiger partial charge is 0.530 e. The van der Waals surface area contributed by atoms with Gasteiger partial charge in [0.05, 0.1) is 13.2 Å². The summed E-state index contributed by atoms with van der Waals surface area (Å²) in [5.41, 5.74) is 1.10. The van der Waals surface area contributed by atoms with Gasteiger partial charge in [-0.25, -0.2) is 4.57 Å². The third-order valence-corrected chi connectivity index (χ3v) is 4.96. The minimum Gasteiger partial charge on any atom is -0.507 e. The molecule has 132 valence electrons. The number of hydrogen-bond acceptors (Lipinski definition) is 5. The van der Waals surface area contributed by atoms with Gasteiger partial charge in [0.25, 0.3) is 0 Å². The standard InChI is InChI=1S/C18H25O5P/c1-4-11-21-24(20,22-12-5-2)23-18-10-9-17(19)16-13-14(6-3)7-8-15(16)18/h7-10,13,19H,4-6,11-12H2,1-3H3. The third kappa shape index (κ3) is 4.50. The van der Waals surface area contributed by atoms with Gasteiger partial charge in [-0.05, 0) is 43.0 Å². The van der Waals surface area contributed by atoms with Crippen molar-refractivity contribution in [1.29, 1.82) is 0 Å². The van der Waals surface area contributed by atoms with Crippen LogP contribution in [-0.4, -0.2) is 18.3 Å². The molecule has 2 rings (SSSR count). The van der Waals surface area contributed by atoms with E-state index in [1.807, 2.05) is 39.0 Å². The van der Waals surface area contributed by atoms with E-state index in [-0.39, 0.29) is 19.0 Å². The highest BCUT2D eigenvalue weighted by molar-refractivity contribution is 7.48. The van der Waals surface area contributed by atoms with E-state index in [9.17, 15) is 9.67 Å². The Labute approximate surface area is 143 Å². The molecule has 0 saturated heterocycles. The number of benzene rings is 2. The molecular weight excluding hydrogens is 327 g/mol. The molecule has 0 amide bonds. The SMILES string of the molecule is CCCOP(=O)(OCCC)Oc1ccc(O)c2cc(CC)ccc12. The average Bonchev–Trinajstić information content (AvgIpc) is 2.60. The zero-order valence-corrected chi connectivity index (χ0v) is 15.3. The van der Waals surface area contributed by atoms with Crippen molar-refractivity contribution in [2.24, 2.45) is 0 Å². The van der Waals surface area contributed by atoms with Crippen LogP contribution in [0.1, 0.15) is 39.2 Å². The van der Waals surface area contributed by atoms with Crippen LogP contribution in [0.2, 0.25) is 0 Å². The van der Waals surface area contributed by atoms with E-state index in [2.05, 4.69) is 0 Å². The number of rotatable bonds is 9. The molecule has 0 aromatic heterocycles. The van der Waals surface area contributed by atoms with E-state index in [1.54, 1.807) is 6.07 Å². The molecule has 6 heteroatoms. The van der Waals surface area contributed by atoms with Gasteiger partial charge in [0.15, 0.2) is 0 Å². The molecule has 5 nitrogen and oxygen atoms in total. The lowest BCUT2D eigenvalue weighted by molar-refractivity contribution is 0.156. The topological polar surface area (TPSA) is 65.0 Å². The predicted octanol–water partition coefficient (Wildman–Crippen LogP) is 5.45. The van der Waals surface area contributed by atoms with Gasteiger partial charge in [0.2, 0.25) is 0 Å². The Bertz CT molecular complexity index is 717. The van der Waals surface area contributed by atoms with Gasteiger partial charge in [-0.1, -0.05) is 32.9 Å². The maximum atomic E-state index is 12.8. The number of phenols is 1. The highest BCUT2D eigenvalue weighted by Gasteiger charge is 2.29. The summed E-state index contributed by atoms with van der Waals surface area (Å²) in [7, 11) is -3.69. The van der Waals surface area contributed by atoms with Gasteiger partial charge in [-0.2, -0.15) is 0 Å². The van der Waals surface area contributed by atoms with Crippen molar-refractivity contribution in [2.75, 3.05) is 13.2 Å². The monoisotopic (exact) mass is 352 g/mol. The molecule has 0 aliphatic carbocycles. The maximum absolute atomic E-state index is 12.8. The summed E-state index contributed by atoms with van der Waals surface area (Å²) in [5, 5.41) is 11.4. The fourth-order valence-electron chi connectivity index (χ4n) is 2.27. The molecule has 2 aromatic rings. The Hall–Kier alpha value is -1.55. The minimum atomic E-state index is -3.69. The molecular formula is C18H25O5P. The van der Waals surface area contributed by atoms with E-state index in [0.717, 1.165) is 12.0 Å². The van der Waals surface area contributed by atoms with Crippen molar-refractivity contribution in [2.45, 2.75) is 40.0 Å². The summed E-state index contributed by atoms with van der Waals surface area (Å²) < 4.78 is 29.2. The average molecular weight is 352 g/mol. The Balaban J connectivity index is 2.39. The first-order valence-corrected chi connectivity index (χ1v) is 9.82. The van der Waals surface area contributed by atoms with Crippen molar-refractivity contribution in [1.82, 2.24) is 0 Å². The Morgan fingerprint density at radius 3 is 2.21 bits per heavy atom. The lowest BCUT2D eigenvalue weighted by Gasteiger charge is -2.19. The van der Waals surface area contributed by atoms with Gasteiger partial charge < -0.3 is 9.63 Å². The first-order chi connectivity index (χ1) is 11.5. The smallest absolute Gasteiger partial charge is 0.507 e. The second-order valence-electron chi connectivity index (χ2n) is 5.52. The second kappa shape index (κ2) is 8.52. The number of phosphoric ester groups is 1. The van der Waals surface area contributed by atoms with Gasteiger partial charge in [0.1, 0.15) is 11.5 Å². The first kappa shape index (κ1) is 18.8. The molecule has 0 saturated carbocycles. The summed E-state index contributed by atoms with van der Waals surface area (Å²) >= 11 is 0. The fourth-order valence-corrected chi connectivity index (χ4v) is 3.66. The van der Waals surface area contributed by atoms with Gasteiger partial charge in [-0.3, -0.25) is 9.05 Å². The zero-order chi connectivity index (χ0) is 17.6. The van der Waals surface area contributed by atoms with Gasteiger partial charge in [-0.15, -0.1) is 0 Å². The Morgan fingerprint density at radius 2 is 1.62 bits per heavy atom. The molecule has 2 aromatic carbocycles. The first-order valence-electron chi connectivity index (χ1n) is 8.36. The Morgan fingerprint density at radius 1 is 0.958 bits per heavy atom. The zero-order valence-electron chi connectivity index (χ0n) is 14.4. The summed E-state index contributed by atoms with van der Waals surface area (Å²) in [6, 6.07) is 8.83. The van der Waals surface area contributed by atoms with Crippen molar-refractivity contribution < 1.29 is 23.2 Å². The molecule has 0 heterocycles. The normalized spacial score (nSPS) is 11.8. The molecule has 0 bridgehead atoms. The number of aromatic hydroxyl groups is 1. The molecule has 0 spiro atoms. The molecule has 0 unspecified atom stereocenters. The summed E-state index contributed by atoms with van der Waals surface area (Å²) in [5.74, 6) is 0.535. The van der Waals surface area contributed by atoms with Crippen LogP contribution in [0.25, 0.3) is 10.8 Å². The predicted molar refractivity (Wildman–Crippen MR) is 95.7 cm³/mol. The molecule has 0 atom stereocenters. The van der Waals surface area contributed by atoms with E-state index in [4.69, 9.17) is 13.6 Å². The lowest BCUT2D eigenvalue weighted by Crippen LogP contribution is -2.04. The van der Waals surface area contributed by atoms with Crippen molar-refractivity contribution >= 4 is 18.6 Å². The molecule has 0 aliphatic rings. The highest BCUT2D eigenvalue weighted by Crippen LogP contribution is 2.51. The molecule has 0 radical (unpaired) electrons. The molecule has 0 fully saturated rings. The lowest BCUT2D eigenvalue weighted by atomic mass is 10.0. The van der Waals surface area contributed by atoms with Crippen LogP contribution >= 0.6 is 7.82 Å². The number of aryl methyl sites for hydroxylation is 1.